The van der Waals surface area contributed by atoms with Gasteiger partial charge in [0.05, 0.1) is 22.2 Å². The number of ether oxygens (including phenoxy) is 1. The largest absolute Gasteiger partial charge is 0.480 e. The van der Waals surface area contributed by atoms with Crippen LogP contribution in [-0.2, 0) is 16.0 Å². The summed E-state index contributed by atoms with van der Waals surface area (Å²) in [7, 11) is 1.49. The molecule has 3 aromatic rings. The van der Waals surface area contributed by atoms with Gasteiger partial charge in [-0.05, 0) is 17.7 Å². The van der Waals surface area contributed by atoms with Crippen molar-refractivity contribution >= 4 is 52.1 Å². The SMILES string of the molecule is COCCNc1c(N[C@@H](Cc2ccc(NC(=O)c3c(Cl)cncc3Cl)cc2)C(=O)O)c(=O)c1=O. The van der Waals surface area contributed by atoms with Gasteiger partial charge in [-0.3, -0.25) is 19.4 Å². The molecule has 0 radical (unpaired) electrons. The van der Waals surface area contributed by atoms with Crippen molar-refractivity contribution in [1.82, 2.24) is 4.98 Å². The predicted molar refractivity (Wildman–Crippen MR) is 129 cm³/mol. The Morgan fingerprint density at radius 3 is 2.26 bits per heavy atom. The number of halogens is 2. The van der Waals surface area contributed by atoms with Crippen molar-refractivity contribution in [3.8, 4) is 0 Å². The summed E-state index contributed by atoms with van der Waals surface area (Å²) in [4.78, 5) is 51.8. The van der Waals surface area contributed by atoms with Crippen LogP contribution in [0.15, 0.2) is 46.2 Å². The fourth-order valence-electron chi connectivity index (χ4n) is 3.13. The molecule has 0 aliphatic carbocycles. The molecule has 4 N–H and O–H groups in total. The fraction of sp³-hybridized carbons (Fsp3) is 0.227. The van der Waals surface area contributed by atoms with E-state index in [1.54, 1.807) is 24.3 Å². The Labute approximate surface area is 203 Å². The lowest BCUT2D eigenvalue weighted by atomic mass is 10.0. The van der Waals surface area contributed by atoms with Gasteiger partial charge in [0.1, 0.15) is 17.4 Å². The number of pyridine rings is 1. The average molecular weight is 507 g/mol. The van der Waals surface area contributed by atoms with Crippen molar-refractivity contribution in [3.63, 3.8) is 0 Å². The number of carbonyl (C=O) groups excluding carboxylic acids is 1. The summed E-state index contributed by atoms with van der Waals surface area (Å²) >= 11 is 12.0. The third-order valence-corrected chi connectivity index (χ3v) is 5.44. The maximum Gasteiger partial charge on any atom is 0.326 e. The van der Waals surface area contributed by atoms with Crippen LogP contribution in [0.4, 0.5) is 17.1 Å². The highest BCUT2D eigenvalue weighted by Crippen LogP contribution is 2.24. The molecule has 12 heteroatoms. The number of hydrogen-bond acceptors (Lipinski definition) is 8. The van der Waals surface area contributed by atoms with Crippen molar-refractivity contribution in [1.29, 1.82) is 0 Å². The zero-order chi connectivity index (χ0) is 24.8. The van der Waals surface area contributed by atoms with Gasteiger partial charge in [0.25, 0.3) is 16.8 Å². The number of amides is 1. The second kappa shape index (κ2) is 11.1. The summed E-state index contributed by atoms with van der Waals surface area (Å²) in [6.45, 7) is 0.597. The van der Waals surface area contributed by atoms with E-state index in [1.807, 2.05) is 0 Å². The minimum Gasteiger partial charge on any atom is -0.480 e. The summed E-state index contributed by atoms with van der Waals surface area (Å²) in [5.74, 6) is -1.72. The van der Waals surface area contributed by atoms with E-state index >= 15 is 0 Å². The molecule has 178 valence electrons. The van der Waals surface area contributed by atoms with Crippen LogP contribution in [-0.4, -0.2) is 48.3 Å². The van der Waals surface area contributed by atoms with Gasteiger partial charge in [0.15, 0.2) is 0 Å². The Morgan fingerprint density at radius 1 is 1.06 bits per heavy atom. The Hall–Kier alpha value is -3.47. The van der Waals surface area contributed by atoms with Crippen LogP contribution in [0, 0.1) is 0 Å². The summed E-state index contributed by atoms with van der Waals surface area (Å²) in [6.07, 6.45) is 2.62. The standard InChI is InChI=1S/C22H20Cl2N4O6/c1-34-7-6-26-17-18(20(30)19(17)29)28-15(22(32)33)8-11-2-4-12(5-3-11)27-21(31)16-13(23)9-25-10-14(16)24/h2-5,9-10,15,26,28H,6-8H2,1H3,(H,27,31)(H,32,33)/t15-/m0/s1. The lowest BCUT2D eigenvalue weighted by Crippen LogP contribution is -2.42. The van der Waals surface area contributed by atoms with Crippen LogP contribution >= 0.6 is 23.2 Å². The summed E-state index contributed by atoms with van der Waals surface area (Å²) in [5.41, 5.74) is -0.381. The highest BCUT2D eigenvalue weighted by molar-refractivity contribution is 6.40. The quantitative estimate of drug-likeness (QED) is 0.227. The molecule has 0 aliphatic rings. The number of rotatable bonds is 11. The Kier molecular flexibility index (Phi) is 8.21. The van der Waals surface area contributed by atoms with Crippen molar-refractivity contribution in [3.05, 3.63) is 78.3 Å². The number of carboxylic acid groups (broad SMARTS) is 1. The van der Waals surface area contributed by atoms with Gasteiger partial charge < -0.3 is 25.8 Å². The van der Waals surface area contributed by atoms with Crippen LogP contribution in [0.2, 0.25) is 10.0 Å². The molecule has 0 spiro atoms. The molecule has 1 atom stereocenters. The minimum absolute atomic E-state index is 0.0158. The van der Waals surface area contributed by atoms with Crippen molar-refractivity contribution < 1.29 is 19.4 Å². The van der Waals surface area contributed by atoms with E-state index in [0.717, 1.165) is 0 Å². The molecule has 0 unspecified atom stereocenters. The van der Waals surface area contributed by atoms with Gasteiger partial charge in [0.2, 0.25) is 0 Å². The summed E-state index contributed by atoms with van der Waals surface area (Å²) < 4.78 is 4.89. The maximum atomic E-state index is 12.5. The van der Waals surface area contributed by atoms with E-state index in [-0.39, 0.29) is 39.9 Å². The smallest absolute Gasteiger partial charge is 0.326 e. The predicted octanol–water partition coefficient (Wildman–Crippen LogP) is 2.40. The second-order valence-corrected chi connectivity index (χ2v) is 8.01. The van der Waals surface area contributed by atoms with Gasteiger partial charge in [-0.1, -0.05) is 35.3 Å². The molecule has 0 saturated carbocycles. The first-order chi connectivity index (χ1) is 16.2. The number of carboxylic acids is 1. The Morgan fingerprint density at radius 2 is 1.68 bits per heavy atom. The highest BCUT2D eigenvalue weighted by atomic mass is 35.5. The van der Waals surface area contributed by atoms with Crippen LogP contribution in [0.3, 0.4) is 0 Å². The number of carbonyl (C=O) groups is 2. The third kappa shape index (κ3) is 5.71. The van der Waals surface area contributed by atoms with Crippen LogP contribution in [0.5, 0.6) is 0 Å². The van der Waals surface area contributed by atoms with E-state index in [0.29, 0.717) is 17.9 Å². The Bertz CT molecular complexity index is 1250. The van der Waals surface area contributed by atoms with Crippen molar-refractivity contribution in [2.45, 2.75) is 12.5 Å². The number of hydrogen-bond donors (Lipinski definition) is 4. The number of benzene rings is 1. The summed E-state index contributed by atoms with van der Waals surface area (Å²) in [6, 6.07) is 5.27. The van der Waals surface area contributed by atoms with Crippen molar-refractivity contribution in [2.24, 2.45) is 0 Å². The molecule has 2 aromatic carbocycles. The first-order valence-corrected chi connectivity index (χ1v) is 10.7. The molecule has 10 nitrogen and oxygen atoms in total. The highest BCUT2D eigenvalue weighted by Gasteiger charge is 2.26. The molecule has 1 aromatic heterocycles. The fourth-order valence-corrected chi connectivity index (χ4v) is 3.67. The number of methoxy groups -OCH3 is 1. The van der Waals surface area contributed by atoms with E-state index in [2.05, 4.69) is 20.9 Å². The molecular weight excluding hydrogens is 487 g/mol. The van der Waals surface area contributed by atoms with Gasteiger partial charge >= 0.3 is 5.97 Å². The normalized spacial score (nSPS) is 11.7. The number of anilines is 3. The zero-order valence-corrected chi connectivity index (χ0v) is 19.4. The van der Waals surface area contributed by atoms with Crippen LogP contribution in [0.1, 0.15) is 15.9 Å². The number of aliphatic carboxylic acids is 1. The minimum atomic E-state index is -1.20. The molecule has 0 saturated heterocycles. The third-order valence-electron chi connectivity index (χ3n) is 4.87. The molecular formula is C22H20Cl2N4O6. The maximum absolute atomic E-state index is 12.5. The molecule has 3 rings (SSSR count). The van der Waals surface area contributed by atoms with Gasteiger partial charge in [-0.25, -0.2) is 4.79 Å². The molecule has 1 heterocycles. The monoisotopic (exact) mass is 506 g/mol. The number of aromatic nitrogens is 1. The topological polar surface area (TPSA) is 147 Å². The molecule has 34 heavy (non-hydrogen) atoms. The van der Waals surface area contributed by atoms with Gasteiger partial charge in [0, 0.05) is 38.2 Å². The first kappa shape index (κ1) is 25.2. The van der Waals surface area contributed by atoms with Crippen molar-refractivity contribution in [2.75, 3.05) is 36.2 Å². The number of nitrogens with zero attached hydrogens (tertiary/aromatic N) is 1. The van der Waals surface area contributed by atoms with E-state index < -0.39 is 28.8 Å². The van der Waals surface area contributed by atoms with Crippen LogP contribution in [0.25, 0.3) is 0 Å². The zero-order valence-electron chi connectivity index (χ0n) is 17.9. The van der Waals surface area contributed by atoms with Gasteiger partial charge in [-0.15, -0.1) is 0 Å². The number of nitrogens with one attached hydrogen (secondary N) is 3. The Balaban J connectivity index is 1.68. The van der Waals surface area contributed by atoms with E-state index in [9.17, 15) is 24.3 Å². The molecule has 0 bridgehead atoms. The molecule has 0 fully saturated rings. The van der Waals surface area contributed by atoms with Gasteiger partial charge in [-0.2, -0.15) is 0 Å². The average Bonchev–Trinajstić information content (AvgIpc) is 2.80. The molecule has 0 aliphatic heterocycles. The molecule has 1 amide bonds. The first-order valence-electron chi connectivity index (χ1n) is 9.97. The van der Waals surface area contributed by atoms with E-state index in [1.165, 1.54) is 19.5 Å². The van der Waals surface area contributed by atoms with Crippen LogP contribution < -0.4 is 26.8 Å². The summed E-state index contributed by atoms with van der Waals surface area (Å²) in [5, 5.41) is 17.9. The second-order valence-electron chi connectivity index (χ2n) is 7.20. The lowest BCUT2D eigenvalue weighted by molar-refractivity contribution is -0.137. The lowest BCUT2D eigenvalue weighted by Gasteiger charge is -2.20. The van der Waals surface area contributed by atoms with E-state index in [4.69, 9.17) is 27.9 Å².